The highest BCUT2D eigenvalue weighted by atomic mass is 79.9. The van der Waals surface area contributed by atoms with Crippen molar-refractivity contribution in [1.29, 1.82) is 0 Å². The standard InChI is InChI=1S/C26H24BrNO3/c1-26(2,19-6-4-3-5-7-19)20-8-14-23(15-9-20)31-25(30)18-16-24(29)28(17-18)22-12-10-21(27)11-13-22/h3-15,18H,16-17H2,1-2H3/t18-/m1/s1. The predicted molar refractivity (Wildman–Crippen MR) is 125 cm³/mol. The molecule has 5 heteroatoms. The highest BCUT2D eigenvalue weighted by molar-refractivity contribution is 9.10. The molecule has 4 nitrogen and oxygen atoms in total. The number of carbonyl (C=O) groups excluding carboxylic acids is 2. The Morgan fingerprint density at radius 1 is 0.935 bits per heavy atom. The lowest BCUT2D eigenvalue weighted by Gasteiger charge is -2.26. The molecule has 1 heterocycles. The van der Waals surface area contributed by atoms with Crippen LogP contribution in [0.4, 0.5) is 5.69 Å². The summed E-state index contributed by atoms with van der Waals surface area (Å²) in [6, 6.07) is 25.4. The molecule has 0 saturated carbocycles. The summed E-state index contributed by atoms with van der Waals surface area (Å²) in [6.45, 7) is 4.67. The first-order valence-corrected chi connectivity index (χ1v) is 11.1. The van der Waals surface area contributed by atoms with Crippen LogP contribution in [0.3, 0.4) is 0 Å². The number of anilines is 1. The molecule has 1 atom stereocenters. The molecule has 31 heavy (non-hydrogen) atoms. The van der Waals surface area contributed by atoms with Gasteiger partial charge < -0.3 is 9.64 Å². The number of benzene rings is 3. The van der Waals surface area contributed by atoms with Crippen LogP contribution in [-0.4, -0.2) is 18.4 Å². The fraction of sp³-hybridized carbons (Fsp3) is 0.231. The van der Waals surface area contributed by atoms with Crippen molar-refractivity contribution < 1.29 is 14.3 Å². The van der Waals surface area contributed by atoms with Crippen molar-refractivity contribution in [3.05, 3.63) is 94.5 Å². The van der Waals surface area contributed by atoms with Gasteiger partial charge in [0.2, 0.25) is 5.91 Å². The molecule has 0 bridgehead atoms. The molecule has 0 unspecified atom stereocenters. The van der Waals surface area contributed by atoms with Crippen LogP contribution in [0, 0.1) is 5.92 Å². The molecule has 1 saturated heterocycles. The Bertz CT molecular complexity index is 1080. The molecular weight excluding hydrogens is 454 g/mol. The second-order valence-electron chi connectivity index (χ2n) is 8.32. The van der Waals surface area contributed by atoms with Gasteiger partial charge in [0, 0.05) is 28.5 Å². The minimum atomic E-state index is -0.475. The van der Waals surface area contributed by atoms with E-state index in [1.165, 1.54) is 5.56 Å². The van der Waals surface area contributed by atoms with Crippen molar-refractivity contribution >= 4 is 33.5 Å². The number of amides is 1. The Labute approximate surface area is 191 Å². The minimum Gasteiger partial charge on any atom is -0.426 e. The Balaban J connectivity index is 1.42. The van der Waals surface area contributed by atoms with E-state index in [1.54, 1.807) is 4.90 Å². The Hall–Kier alpha value is -2.92. The molecule has 4 rings (SSSR count). The number of ether oxygens (including phenoxy) is 1. The van der Waals surface area contributed by atoms with Crippen molar-refractivity contribution in [2.24, 2.45) is 5.92 Å². The van der Waals surface area contributed by atoms with E-state index in [1.807, 2.05) is 66.7 Å². The Kier molecular flexibility index (Phi) is 5.96. The number of hydrogen-bond donors (Lipinski definition) is 0. The summed E-state index contributed by atoms with van der Waals surface area (Å²) in [5.74, 6) is -0.420. The second kappa shape index (κ2) is 8.67. The number of halogens is 1. The van der Waals surface area contributed by atoms with Crippen LogP contribution in [0.15, 0.2) is 83.3 Å². The zero-order valence-corrected chi connectivity index (χ0v) is 19.1. The molecule has 0 aromatic heterocycles. The van der Waals surface area contributed by atoms with Crippen LogP contribution >= 0.6 is 15.9 Å². The molecule has 158 valence electrons. The van der Waals surface area contributed by atoms with Crippen LogP contribution in [0.2, 0.25) is 0 Å². The highest BCUT2D eigenvalue weighted by Gasteiger charge is 2.36. The van der Waals surface area contributed by atoms with E-state index < -0.39 is 5.92 Å². The molecule has 3 aromatic rings. The molecule has 0 radical (unpaired) electrons. The van der Waals surface area contributed by atoms with E-state index in [2.05, 4.69) is 41.9 Å². The van der Waals surface area contributed by atoms with Gasteiger partial charge in [-0.25, -0.2) is 0 Å². The average Bonchev–Trinajstić information content (AvgIpc) is 3.17. The van der Waals surface area contributed by atoms with Gasteiger partial charge in [0.25, 0.3) is 0 Å². The summed E-state index contributed by atoms with van der Waals surface area (Å²) in [6.07, 6.45) is 0.161. The van der Waals surface area contributed by atoms with Gasteiger partial charge in [-0.05, 0) is 47.5 Å². The van der Waals surface area contributed by atoms with Crippen LogP contribution < -0.4 is 9.64 Å². The fourth-order valence-electron chi connectivity index (χ4n) is 3.90. The Morgan fingerprint density at radius 3 is 2.19 bits per heavy atom. The maximum Gasteiger partial charge on any atom is 0.316 e. The van der Waals surface area contributed by atoms with Crippen molar-refractivity contribution in [3.8, 4) is 5.75 Å². The van der Waals surface area contributed by atoms with E-state index in [0.717, 1.165) is 15.7 Å². The predicted octanol–water partition coefficient (Wildman–Crippen LogP) is 5.73. The van der Waals surface area contributed by atoms with Crippen LogP contribution in [0.25, 0.3) is 0 Å². The molecular formula is C26H24BrNO3. The van der Waals surface area contributed by atoms with Crippen LogP contribution in [-0.2, 0) is 15.0 Å². The lowest BCUT2D eigenvalue weighted by atomic mass is 9.78. The molecule has 1 aliphatic heterocycles. The quantitative estimate of drug-likeness (QED) is 0.348. The lowest BCUT2D eigenvalue weighted by molar-refractivity contribution is -0.139. The smallest absolute Gasteiger partial charge is 0.316 e. The van der Waals surface area contributed by atoms with Gasteiger partial charge in [-0.1, -0.05) is 72.2 Å². The van der Waals surface area contributed by atoms with Gasteiger partial charge in [0.15, 0.2) is 0 Å². The van der Waals surface area contributed by atoms with Crippen LogP contribution in [0.1, 0.15) is 31.4 Å². The molecule has 1 amide bonds. The number of hydrogen-bond acceptors (Lipinski definition) is 3. The second-order valence-corrected chi connectivity index (χ2v) is 9.23. The monoisotopic (exact) mass is 477 g/mol. The molecule has 0 N–H and O–H groups in total. The summed E-state index contributed by atoms with van der Waals surface area (Å²) >= 11 is 3.39. The summed E-state index contributed by atoms with van der Waals surface area (Å²) in [5.41, 5.74) is 2.98. The van der Waals surface area contributed by atoms with E-state index in [0.29, 0.717) is 12.3 Å². The van der Waals surface area contributed by atoms with Gasteiger partial charge >= 0.3 is 5.97 Å². The van der Waals surface area contributed by atoms with Crippen molar-refractivity contribution in [2.75, 3.05) is 11.4 Å². The van der Waals surface area contributed by atoms with Crippen LogP contribution in [0.5, 0.6) is 5.75 Å². The average molecular weight is 478 g/mol. The van der Waals surface area contributed by atoms with E-state index >= 15 is 0 Å². The third-order valence-electron chi connectivity index (χ3n) is 5.89. The molecule has 0 spiro atoms. The Morgan fingerprint density at radius 2 is 1.55 bits per heavy atom. The zero-order chi connectivity index (χ0) is 22.0. The van der Waals surface area contributed by atoms with Gasteiger partial charge in [0.1, 0.15) is 5.75 Å². The van der Waals surface area contributed by atoms with E-state index in [-0.39, 0.29) is 23.7 Å². The maximum absolute atomic E-state index is 12.7. The van der Waals surface area contributed by atoms with E-state index in [4.69, 9.17) is 4.74 Å². The first-order chi connectivity index (χ1) is 14.8. The van der Waals surface area contributed by atoms with E-state index in [9.17, 15) is 9.59 Å². The van der Waals surface area contributed by atoms with Gasteiger partial charge in [0.05, 0.1) is 5.92 Å². The highest BCUT2D eigenvalue weighted by Crippen LogP contribution is 2.33. The molecule has 0 aliphatic carbocycles. The summed E-state index contributed by atoms with van der Waals surface area (Å²) in [7, 11) is 0. The SMILES string of the molecule is CC(C)(c1ccccc1)c1ccc(OC(=O)[C@@H]2CC(=O)N(c3ccc(Br)cc3)C2)cc1. The topological polar surface area (TPSA) is 46.6 Å². The zero-order valence-electron chi connectivity index (χ0n) is 17.5. The first kappa shape index (κ1) is 21.3. The number of nitrogens with zero attached hydrogens (tertiary/aromatic N) is 1. The third-order valence-corrected chi connectivity index (χ3v) is 6.42. The first-order valence-electron chi connectivity index (χ1n) is 10.3. The largest absolute Gasteiger partial charge is 0.426 e. The molecule has 1 aliphatic rings. The lowest BCUT2D eigenvalue weighted by Crippen LogP contribution is -2.27. The molecule has 1 fully saturated rings. The summed E-state index contributed by atoms with van der Waals surface area (Å²) in [5, 5.41) is 0. The van der Waals surface area contributed by atoms with Crippen molar-refractivity contribution in [1.82, 2.24) is 0 Å². The van der Waals surface area contributed by atoms with Crippen molar-refractivity contribution in [3.63, 3.8) is 0 Å². The van der Waals surface area contributed by atoms with Gasteiger partial charge in [-0.3, -0.25) is 9.59 Å². The number of carbonyl (C=O) groups is 2. The van der Waals surface area contributed by atoms with Gasteiger partial charge in [-0.15, -0.1) is 0 Å². The minimum absolute atomic E-state index is 0.0655. The number of esters is 1. The third kappa shape index (κ3) is 4.57. The number of rotatable bonds is 5. The maximum atomic E-state index is 12.7. The van der Waals surface area contributed by atoms with Gasteiger partial charge in [-0.2, -0.15) is 0 Å². The van der Waals surface area contributed by atoms with Crippen molar-refractivity contribution in [2.45, 2.75) is 25.7 Å². The fourth-order valence-corrected chi connectivity index (χ4v) is 4.16. The normalized spacial score (nSPS) is 16.4. The summed E-state index contributed by atoms with van der Waals surface area (Å²) in [4.78, 5) is 26.8. The molecule has 3 aromatic carbocycles. The summed E-state index contributed by atoms with van der Waals surface area (Å²) < 4.78 is 6.54.